The number of hydrogen-bond acceptors (Lipinski definition) is 6. The molecular weight excluding hydrogens is 539 g/mol. The van der Waals surface area contributed by atoms with E-state index in [1.807, 2.05) is 13.8 Å². The Kier molecular flexibility index (Phi) is 7.20. The van der Waals surface area contributed by atoms with Crippen LogP contribution in [0, 0.1) is 0 Å². The summed E-state index contributed by atoms with van der Waals surface area (Å²) < 4.78 is 56.8. The maximum absolute atomic E-state index is 13.3. The monoisotopic (exact) mass is 565 g/mol. The summed E-state index contributed by atoms with van der Waals surface area (Å²) in [6.45, 7) is 3.49. The molecule has 212 valence electrons. The Morgan fingerprint density at radius 3 is 2.27 bits per heavy atom. The molecule has 0 aliphatic carbocycles. The number of halogens is 3. The van der Waals surface area contributed by atoms with Gasteiger partial charge in [0.15, 0.2) is 11.5 Å². The van der Waals surface area contributed by atoms with E-state index in [0.717, 1.165) is 21.9 Å². The van der Waals surface area contributed by atoms with Gasteiger partial charge in [-0.2, -0.15) is 13.2 Å². The summed E-state index contributed by atoms with van der Waals surface area (Å²) in [5, 5.41) is 0.686. The summed E-state index contributed by atoms with van der Waals surface area (Å²) in [7, 11) is 3.07. The minimum absolute atomic E-state index is 0.0127. The summed E-state index contributed by atoms with van der Waals surface area (Å²) in [6.07, 6.45) is -2.97. The maximum atomic E-state index is 13.3. The molecule has 0 spiro atoms. The smallest absolute Gasteiger partial charge is 0.416 e. The summed E-state index contributed by atoms with van der Waals surface area (Å²) in [5.41, 5.74) is 0.715. The van der Waals surface area contributed by atoms with E-state index in [1.54, 1.807) is 42.6 Å². The standard InChI is InChI=1S/C30H26F3N3O5/c1-17(2)21-13-20(36-28(37)16-35(29(36)38)19-7-5-6-18(12-19)30(31,32)33)8-9-24(21)41-25-10-11-34-23-15-27(40-4)26(39-3)14-22(23)25/h5-15,17H,16H2,1-4H3. The minimum atomic E-state index is -4.58. The number of rotatable bonds is 7. The van der Waals surface area contributed by atoms with E-state index >= 15 is 0 Å². The lowest BCUT2D eigenvalue weighted by Gasteiger charge is -2.21. The second-order valence-corrected chi connectivity index (χ2v) is 9.66. The zero-order valence-corrected chi connectivity index (χ0v) is 22.7. The van der Waals surface area contributed by atoms with Crippen molar-refractivity contribution in [3.8, 4) is 23.0 Å². The predicted molar refractivity (Wildman–Crippen MR) is 147 cm³/mol. The van der Waals surface area contributed by atoms with Crippen LogP contribution in [0.5, 0.6) is 23.0 Å². The van der Waals surface area contributed by atoms with Crippen LogP contribution in [-0.2, 0) is 11.0 Å². The summed E-state index contributed by atoms with van der Waals surface area (Å²) >= 11 is 0. The highest BCUT2D eigenvalue weighted by Gasteiger charge is 2.39. The molecule has 5 rings (SSSR count). The molecule has 41 heavy (non-hydrogen) atoms. The second-order valence-electron chi connectivity index (χ2n) is 9.66. The lowest BCUT2D eigenvalue weighted by molar-refractivity contribution is -0.137. The maximum Gasteiger partial charge on any atom is 0.416 e. The molecule has 2 heterocycles. The normalized spacial score (nSPS) is 13.9. The van der Waals surface area contributed by atoms with E-state index < -0.39 is 23.7 Å². The Morgan fingerprint density at radius 1 is 0.854 bits per heavy atom. The number of methoxy groups -OCH3 is 2. The molecule has 1 aliphatic heterocycles. The molecule has 1 aliphatic rings. The van der Waals surface area contributed by atoms with E-state index in [9.17, 15) is 22.8 Å². The fourth-order valence-electron chi connectivity index (χ4n) is 4.68. The number of nitrogens with zero attached hydrogens (tertiary/aromatic N) is 3. The number of alkyl halides is 3. The van der Waals surface area contributed by atoms with E-state index in [2.05, 4.69) is 4.98 Å². The molecular formula is C30H26F3N3O5. The van der Waals surface area contributed by atoms with Gasteiger partial charge < -0.3 is 14.2 Å². The molecule has 3 aromatic carbocycles. The first-order valence-electron chi connectivity index (χ1n) is 12.7. The Bertz CT molecular complexity index is 1650. The van der Waals surface area contributed by atoms with Gasteiger partial charge in [-0.05, 0) is 60.0 Å². The number of benzene rings is 3. The topological polar surface area (TPSA) is 81.2 Å². The molecule has 11 heteroatoms. The average Bonchev–Trinajstić information content (AvgIpc) is 3.25. The van der Waals surface area contributed by atoms with Crippen LogP contribution in [0.2, 0.25) is 0 Å². The number of hydrogen-bond donors (Lipinski definition) is 0. The number of carbonyl (C=O) groups is 2. The van der Waals surface area contributed by atoms with Crippen LogP contribution < -0.4 is 24.0 Å². The summed E-state index contributed by atoms with van der Waals surface area (Å²) in [4.78, 5) is 32.6. The lowest BCUT2D eigenvalue weighted by Crippen LogP contribution is -2.33. The van der Waals surface area contributed by atoms with Crippen molar-refractivity contribution in [2.75, 3.05) is 30.6 Å². The highest BCUT2D eigenvalue weighted by atomic mass is 19.4. The van der Waals surface area contributed by atoms with Gasteiger partial charge in [0.25, 0.3) is 5.91 Å². The third-order valence-electron chi connectivity index (χ3n) is 6.75. The molecule has 1 saturated heterocycles. The van der Waals surface area contributed by atoms with Gasteiger partial charge in [0.1, 0.15) is 18.0 Å². The Labute approximate surface area is 233 Å². The van der Waals surface area contributed by atoms with Crippen molar-refractivity contribution < 1.29 is 37.0 Å². The van der Waals surface area contributed by atoms with Gasteiger partial charge in [-0.15, -0.1) is 0 Å². The molecule has 0 atom stereocenters. The summed E-state index contributed by atoms with van der Waals surface area (Å²) in [6, 6.07) is 13.7. The number of anilines is 2. The highest BCUT2D eigenvalue weighted by Crippen LogP contribution is 2.40. The first-order valence-corrected chi connectivity index (χ1v) is 12.7. The van der Waals surface area contributed by atoms with E-state index in [0.29, 0.717) is 39.5 Å². The van der Waals surface area contributed by atoms with Crippen LogP contribution in [0.15, 0.2) is 66.9 Å². The van der Waals surface area contributed by atoms with Crippen LogP contribution in [-0.4, -0.2) is 37.7 Å². The van der Waals surface area contributed by atoms with Crippen LogP contribution in [0.4, 0.5) is 29.3 Å². The predicted octanol–water partition coefficient (Wildman–Crippen LogP) is 7.16. The minimum Gasteiger partial charge on any atom is -0.493 e. The van der Waals surface area contributed by atoms with Crippen LogP contribution in [0.1, 0.15) is 30.9 Å². The Balaban J connectivity index is 1.48. The van der Waals surface area contributed by atoms with Crippen molar-refractivity contribution >= 4 is 34.2 Å². The second kappa shape index (κ2) is 10.6. The van der Waals surface area contributed by atoms with Crippen LogP contribution in [0.25, 0.3) is 10.9 Å². The lowest BCUT2D eigenvalue weighted by atomic mass is 10.0. The first kappa shape index (κ1) is 27.8. The van der Waals surface area contributed by atoms with E-state index in [4.69, 9.17) is 14.2 Å². The van der Waals surface area contributed by atoms with Crippen molar-refractivity contribution in [1.29, 1.82) is 0 Å². The van der Waals surface area contributed by atoms with Crippen molar-refractivity contribution in [1.82, 2.24) is 4.98 Å². The fourth-order valence-corrected chi connectivity index (χ4v) is 4.68. The molecule has 3 amide bonds. The average molecular weight is 566 g/mol. The first-order chi connectivity index (χ1) is 19.5. The zero-order chi connectivity index (χ0) is 29.5. The van der Waals surface area contributed by atoms with Gasteiger partial charge in [0.2, 0.25) is 0 Å². The number of ether oxygens (including phenoxy) is 3. The molecule has 4 aromatic rings. The van der Waals surface area contributed by atoms with Crippen molar-refractivity contribution in [2.24, 2.45) is 0 Å². The third kappa shape index (κ3) is 5.22. The van der Waals surface area contributed by atoms with Gasteiger partial charge in [0.05, 0.1) is 31.0 Å². The Morgan fingerprint density at radius 2 is 1.59 bits per heavy atom. The fraction of sp³-hybridized carbons (Fsp3) is 0.233. The molecule has 0 N–H and O–H groups in total. The molecule has 0 radical (unpaired) electrons. The van der Waals surface area contributed by atoms with E-state index in [-0.39, 0.29) is 23.8 Å². The van der Waals surface area contributed by atoms with Crippen molar-refractivity contribution in [2.45, 2.75) is 25.9 Å². The molecule has 8 nitrogen and oxygen atoms in total. The van der Waals surface area contributed by atoms with Crippen LogP contribution in [0.3, 0.4) is 0 Å². The third-order valence-corrected chi connectivity index (χ3v) is 6.75. The van der Waals surface area contributed by atoms with Gasteiger partial charge in [-0.25, -0.2) is 9.69 Å². The quantitative estimate of drug-likeness (QED) is 0.221. The molecule has 1 aromatic heterocycles. The molecule has 0 unspecified atom stereocenters. The van der Waals surface area contributed by atoms with Gasteiger partial charge in [0, 0.05) is 23.3 Å². The van der Waals surface area contributed by atoms with Crippen LogP contribution >= 0.6 is 0 Å². The Hall–Kier alpha value is -4.80. The number of amides is 3. The number of carbonyl (C=O) groups excluding carboxylic acids is 2. The number of fused-ring (bicyclic) bond motifs is 1. The molecule has 1 fully saturated rings. The number of urea groups is 1. The molecule has 0 saturated carbocycles. The van der Waals surface area contributed by atoms with Crippen molar-refractivity contribution in [3.63, 3.8) is 0 Å². The number of pyridine rings is 1. The molecule has 0 bridgehead atoms. The SMILES string of the molecule is COc1cc2nccc(Oc3ccc(N4C(=O)CN(c5cccc(C(F)(F)F)c5)C4=O)cc3C(C)C)c2cc1OC. The largest absolute Gasteiger partial charge is 0.493 e. The van der Waals surface area contributed by atoms with Crippen molar-refractivity contribution in [3.05, 3.63) is 78.0 Å². The zero-order valence-electron chi connectivity index (χ0n) is 22.7. The van der Waals surface area contributed by atoms with E-state index in [1.165, 1.54) is 26.4 Å². The highest BCUT2D eigenvalue weighted by molar-refractivity contribution is 6.27. The number of imide groups is 1. The van der Waals surface area contributed by atoms with Gasteiger partial charge in [-0.1, -0.05) is 19.9 Å². The summed E-state index contributed by atoms with van der Waals surface area (Å²) in [5.74, 6) is 1.41. The van der Waals surface area contributed by atoms with Gasteiger partial charge >= 0.3 is 12.2 Å². The number of aromatic nitrogens is 1. The van der Waals surface area contributed by atoms with Gasteiger partial charge in [-0.3, -0.25) is 14.7 Å².